The van der Waals surface area contributed by atoms with Gasteiger partial charge in [0.2, 0.25) is 0 Å². The van der Waals surface area contributed by atoms with Crippen LogP contribution in [0.25, 0.3) is 0 Å². The Morgan fingerprint density at radius 1 is 1.24 bits per heavy atom. The van der Waals surface area contributed by atoms with Crippen molar-refractivity contribution >= 4 is 0 Å². The van der Waals surface area contributed by atoms with Crippen molar-refractivity contribution in [1.29, 1.82) is 0 Å². The van der Waals surface area contributed by atoms with E-state index in [1.165, 1.54) is 6.92 Å². The van der Waals surface area contributed by atoms with Crippen LogP contribution in [-0.4, -0.2) is 52.8 Å². The van der Waals surface area contributed by atoms with Crippen molar-refractivity contribution in [2.75, 3.05) is 13.6 Å². The number of alkyl halides is 3. The molecule has 0 aliphatic heterocycles. The molecule has 0 aromatic heterocycles. The van der Waals surface area contributed by atoms with Crippen molar-refractivity contribution in [1.82, 2.24) is 4.90 Å². The van der Waals surface area contributed by atoms with E-state index < -0.39 is 24.0 Å². The average Bonchev–Trinajstić information content (AvgIpc) is 2.46. The number of aliphatic hydroxyl groups excluding tert-OH is 1. The van der Waals surface area contributed by atoms with Crippen molar-refractivity contribution in [2.24, 2.45) is 11.7 Å². The van der Waals surface area contributed by atoms with Crippen LogP contribution in [0.2, 0.25) is 0 Å². The summed E-state index contributed by atoms with van der Waals surface area (Å²) in [7, 11) is 0.976. The molecular weight excluding hydrogens is 285 g/mol. The van der Waals surface area contributed by atoms with Crippen LogP contribution >= 0.6 is 0 Å². The van der Waals surface area contributed by atoms with Crippen LogP contribution in [0.15, 0.2) is 0 Å². The molecule has 0 heterocycles. The predicted molar refractivity (Wildman–Crippen MR) is 74.5 cm³/mol. The third-order valence-electron chi connectivity index (χ3n) is 4.50. The highest BCUT2D eigenvalue weighted by molar-refractivity contribution is 4.94. The highest BCUT2D eigenvalue weighted by Crippen LogP contribution is 2.38. The molecule has 7 heteroatoms. The highest BCUT2D eigenvalue weighted by atomic mass is 19.3. The quantitative estimate of drug-likeness (QED) is 0.628. The number of likely N-dealkylation sites (N-methyl/N-ethyl adjacent to an activating group) is 1. The molecule has 0 aromatic carbocycles. The largest absolute Gasteiger partial charge is 0.385 e. The fourth-order valence-electron chi connectivity index (χ4n) is 2.86. The molecule has 3 unspecified atom stereocenters. The molecule has 0 spiro atoms. The van der Waals surface area contributed by atoms with Gasteiger partial charge in [-0.1, -0.05) is 39.0 Å². The molecule has 126 valence electrons. The maximum atomic E-state index is 14.1. The molecule has 0 aromatic rings. The summed E-state index contributed by atoms with van der Waals surface area (Å²) in [6.45, 7) is 1.22. The van der Waals surface area contributed by atoms with Gasteiger partial charge in [-0.25, -0.2) is 9.29 Å². The molecule has 1 rings (SSSR count). The number of hydrogen-bond acceptors (Lipinski definition) is 4. The fraction of sp³-hybridized carbons (Fsp3) is 1.00. The molecule has 3 atom stereocenters. The Bertz CT molecular complexity index is 323. The van der Waals surface area contributed by atoms with Gasteiger partial charge in [-0.3, -0.25) is 0 Å². The molecule has 4 nitrogen and oxygen atoms in total. The van der Waals surface area contributed by atoms with Crippen molar-refractivity contribution < 1.29 is 23.4 Å². The van der Waals surface area contributed by atoms with Crippen molar-refractivity contribution in [3.8, 4) is 0 Å². The molecule has 0 bridgehead atoms. The fourth-order valence-corrected chi connectivity index (χ4v) is 2.86. The zero-order chi connectivity index (χ0) is 16.3. The van der Waals surface area contributed by atoms with Gasteiger partial charge in [0.1, 0.15) is 6.10 Å². The molecule has 1 saturated carbocycles. The lowest BCUT2D eigenvalue weighted by Gasteiger charge is -2.39. The summed E-state index contributed by atoms with van der Waals surface area (Å²) in [5, 5.41) is 19.3. The van der Waals surface area contributed by atoms with Gasteiger partial charge in [-0.2, -0.15) is 8.78 Å². The molecule has 0 amide bonds. The smallest absolute Gasteiger partial charge is 0.365 e. The zero-order valence-electron chi connectivity index (χ0n) is 12.7. The van der Waals surface area contributed by atoms with Crippen LogP contribution in [0.4, 0.5) is 13.2 Å². The number of rotatable bonds is 7. The summed E-state index contributed by atoms with van der Waals surface area (Å²) in [5.41, 5.74) is 5.67. The van der Waals surface area contributed by atoms with Gasteiger partial charge in [-0.15, -0.1) is 0 Å². The Kier molecular flexibility index (Phi) is 6.46. The molecule has 0 radical (unpaired) electrons. The standard InChI is InChI=1S/C14H27F3N2O2/c1-3-19(2)14(16,17)13(15,21)12(20)11(18)9-10-7-5-4-6-8-10/h10-12,20-21H,3-9,18H2,1-2H3. The van der Waals surface area contributed by atoms with Gasteiger partial charge < -0.3 is 15.9 Å². The van der Waals surface area contributed by atoms with Gasteiger partial charge in [-0.05, 0) is 19.4 Å². The minimum absolute atomic E-state index is 0.177. The Hall–Kier alpha value is -0.370. The van der Waals surface area contributed by atoms with Crippen LogP contribution in [0, 0.1) is 5.92 Å². The first-order valence-corrected chi connectivity index (χ1v) is 7.58. The second kappa shape index (κ2) is 7.26. The summed E-state index contributed by atoms with van der Waals surface area (Å²) in [6.07, 6.45) is 2.89. The van der Waals surface area contributed by atoms with Crippen LogP contribution < -0.4 is 5.73 Å². The second-order valence-corrected chi connectivity index (χ2v) is 6.08. The molecule has 0 saturated heterocycles. The topological polar surface area (TPSA) is 69.7 Å². The van der Waals surface area contributed by atoms with E-state index in [0.29, 0.717) is 4.90 Å². The van der Waals surface area contributed by atoms with Crippen molar-refractivity contribution in [3.05, 3.63) is 0 Å². The Labute approximate surface area is 124 Å². The number of hydrogen-bond donors (Lipinski definition) is 3. The first kappa shape index (κ1) is 18.7. The first-order chi connectivity index (χ1) is 9.64. The zero-order valence-corrected chi connectivity index (χ0v) is 12.7. The summed E-state index contributed by atoms with van der Waals surface area (Å²) in [5.74, 6) is -3.89. The number of nitrogens with two attached hydrogens (primary N) is 1. The lowest BCUT2D eigenvalue weighted by Crippen LogP contribution is -2.64. The first-order valence-electron chi connectivity index (χ1n) is 7.58. The van der Waals surface area contributed by atoms with Gasteiger partial charge >= 0.3 is 11.9 Å². The van der Waals surface area contributed by atoms with E-state index in [0.717, 1.165) is 39.2 Å². The third kappa shape index (κ3) is 4.09. The lowest BCUT2D eigenvalue weighted by atomic mass is 9.83. The van der Waals surface area contributed by atoms with E-state index in [-0.39, 0.29) is 18.9 Å². The van der Waals surface area contributed by atoms with E-state index in [1.54, 1.807) is 0 Å². The maximum Gasteiger partial charge on any atom is 0.365 e. The van der Waals surface area contributed by atoms with Crippen LogP contribution in [0.3, 0.4) is 0 Å². The molecule has 1 aliphatic carbocycles. The van der Waals surface area contributed by atoms with Crippen molar-refractivity contribution in [2.45, 2.75) is 69.5 Å². The molecular formula is C14H27F3N2O2. The van der Waals surface area contributed by atoms with Crippen LogP contribution in [0.1, 0.15) is 45.4 Å². The van der Waals surface area contributed by atoms with E-state index in [2.05, 4.69) is 0 Å². The molecule has 4 N–H and O–H groups in total. The summed E-state index contributed by atoms with van der Waals surface area (Å²) in [4.78, 5) is 0.351. The average molecular weight is 312 g/mol. The van der Waals surface area contributed by atoms with Gasteiger partial charge in [0, 0.05) is 12.6 Å². The number of halogens is 3. The normalized spacial score (nSPS) is 23.9. The van der Waals surface area contributed by atoms with Gasteiger partial charge in [0.05, 0.1) is 0 Å². The third-order valence-corrected chi connectivity index (χ3v) is 4.50. The van der Waals surface area contributed by atoms with E-state index in [4.69, 9.17) is 5.73 Å². The van der Waals surface area contributed by atoms with E-state index in [1.807, 2.05) is 0 Å². The SMILES string of the molecule is CCN(C)C(F)(F)C(O)(F)C(O)C(N)CC1CCCCC1. The van der Waals surface area contributed by atoms with Crippen LogP contribution in [-0.2, 0) is 0 Å². The minimum atomic E-state index is -4.20. The van der Waals surface area contributed by atoms with Crippen molar-refractivity contribution in [3.63, 3.8) is 0 Å². The molecule has 21 heavy (non-hydrogen) atoms. The number of aliphatic hydroxyl groups is 2. The Balaban J connectivity index is 2.71. The minimum Gasteiger partial charge on any atom is -0.385 e. The predicted octanol–water partition coefficient (Wildman–Crippen LogP) is 1.85. The van der Waals surface area contributed by atoms with Gasteiger partial charge in [0.25, 0.3) is 0 Å². The second-order valence-electron chi connectivity index (χ2n) is 6.08. The monoisotopic (exact) mass is 312 g/mol. The number of nitrogens with zero attached hydrogens (tertiary/aromatic N) is 1. The van der Waals surface area contributed by atoms with E-state index >= 15 is 0 Å². The highest BCUT2D eigenvalue weighted by Gasteiger charge is 2.62. The molecule has 1 aliphatic rings. The van der Waals surface area contributed by atoms with Gasteiger partial charge in [0.15, 0.2) is 0 Å². The van der Waals surface area contributed by atoms with Crippen LogP contribution in [0.5, 0.6) is 0 Å². The maximum absolute atomic E-state index is 14.1. The Morgan fingerprint density at radius 2 is 1.76 bits per heavy atom. The Morgan fingerprint density at radius 3 is 2.24 bits per heavy atom. The summed E-state index contributed by atoms with van der Waals surface area (Å²) in [6, 6.07) is -5.43. The lowest BCUT2D eigenvalue weighted by molar-refractivity contribution is -0.344. The summed E-state index contributed by atoms with van der Waals surface area (Å²) >= 11 is 0. The summed E-state index contributed by atoms with van der Waals surface area (Å²) < 4.78 is 41.9. The molecule has 1 fully saturated rings. The van der Waals surface area contributed by atoms with E-state index in [9.17, 15) is 23.4 Å².